The number of fused-ring (bicyclic) bond motifs is 1. The van der Waals surface area contributed by atoms with Crippen molar-refractivity contribution in [3.63, 3.8) is 0 Å². The van der Waals surface area contributed by atoms with Gasteiger partial charge < -0.3 is 16.0 Å². The lowest BCUT2D eigenvalue weighted by atomic mass is 9.93. The zero-order valence-electron chi connectivity index (χ0n) is 15.8. The molecule has 1 saturated carbocycles. The van der Waals surface area contributed by atoms with Gasteiger partial charge in [0.1, 0.15) is 23.3 Å². The molecule has 28 heavy (non-hydrogen) atoms. The van der Waals surface area contributed by atoms with E-state index in [9.17, 15) is 10.1 Å². The number of nitriles is 1. The summed E-state index contributed by atoms with van der Waals surface area (Å²) in [6.07, 6.45) is 4.99. The molecule has 142 valence electrons. The van der Waals surface area contributed by atoms with Crippen molar-refractivity contribution < 1.29 is 4.79 Å². The Morgan fingerprint density at radius 1 is 1.32 bits per heavy atom. The topological polar surface area (TPSA) is 107 Å². The van der Waals surface area contributed by atoms with Crippen molar-refractivity contribution in [3.8, 4) is 6.07 Å². The quantitative estimate of drug-likeness (QED) is 0.629. The Labute approximate surface area is 162 Å². The molecule has 0 radical (unpaired) electrons. The van der Waals surface area contributed by atoms with Crippen LogP contribution in [0.15, 0.2) is 30.5 Å². The number of benzene rings is 1. The van der Waals surface area contributed by atoms with E-state index in [1.54, 1.807) is 4.52 Å². The van der Waals surface area contributed by atoms with E-state index in [4.69, 9.17) is 0 Å². The van der Waals surface area contributed by atoms with Gasteiger partial charge in [-0.05, 0) is 43.9 Å². The molecule has 1 aliphatic carbocycles. The molecule has 8 heteroatoms. The van der Waals surface area contributed by atoms with Crippen molar-refractivity contribution in [3.05, 3.63) is 41.6 Å². The number of hydrogen-bond donors (Lipinski definition) is 3. The first-order chi connectivity index (χ1) is 13.5. The van der Waals surface area contributed by atoms with Gasteiger partial charge in [0.15, 0.2) is 5.65 Å². The number of aromatic nitrogens is 3. The Morgan fingerprint density at radius 2 is 2.14 bits per heavy atom. The van der Waals surface area contributed by atoms with Crippen molar-refractivity contribution in [1.29, 1.82) is 5.26 Å². The number of carbonyl (C=O) groups excluding carboxylic acids is 1. The first-order valence-electron chi connectivity index (χ1n) is 9.24. The van der Waals surface area contributed by atoms with Crippen LogP contribution in [0.3, 0.4) is 0 Å². The molecule has 0 atom stereocenters. The van der Waals surface area contributed by atoms with Crippen LogP contribution < -0.4 is 16.0 Å². The van der Waals surface area contributed by atoms with E-state index in [0.29, 0.717) is 23.1 Å². The first kappa shape index (κ1) is 17.8. The maximum Gasteiger partial charge on any atom is 0.221 e. The molecule has 1 aromatic carbocycles. The zero-order valence-corrected chi connectivity index (χ0v) is 15.8. The molecule has 4 rings (SSSR count). The summed E-state index contributed by atoms with van der Waals surface area (Å²) in [5.41, 5.74) is 3.43. The van der Waals surface area contributed by atoms with Crippen molar-refractivity contribution in [2.75, 3.05) is 16.0 Å². The highest BCUT2D eigenvalue weighted by molar-refractivity contribution is 5.90. The number of aryl methyl sites for hydroxylation is 1. The van der Waals surface area contributed by atoms with Crippen LogP contribution in [-0.2, 0) is 4.79 Å². The van der Waals surface area contributed by atoms with Crippen molar-refractivity contribution in [2.24, 2.45) is 0 Å². The van der Waals surface area contributed by atoms with Gasteiger partial charge >= 0.3 is 0 Å². The molecule has 1 fully saturated rings. The summed E-state index contributed by atoms with van der Waals surface area (Å²) < 4.78 is 1.67. The first-order valence-corrected chi connectivity index (χ1v) is 9.24. The number of hydrogen-bond acceptors (Lipinski definition) is 6. The fraction of sp³-hybridized carbons (Fsp3) is 0.300. The minimum Gasteiger partial charge on any atom is -0.367 e. The minimum atomic E-state index is -0.121. The van der Waals surface area contributed by atoms with Crippen LogP contribution >= 0.6 is 0 Å². The minimum absolute atomic E-state index is 0.121. The van der Waals surface area contributed by atoms with E-state index >= 15 is 0 Å². The van der Waals surface area contributed by atoms with Crippen molar-refractivity contribution in [2.45, 2.75) is 39.2 Å². The smallest absolute Gasteiger partial charge is 0.221 e. The fourth-order valence-electron chi connectivity index (χ4n) is 3.14. The molecule has 1 aliphatic rings. The maximum atomic E-state index is 11.4. The predicted molar refractivity (Wildman–Crippen MR) is 108 cm³/mol. The van der Waals surface area contributed by atoms with Crippen LogP contribution in [0.1, 0.15) is 37.3 Å². The average Bonchev–Trinajstić information content (AvgIpc) is 3.03. The van der Waals surface area contributed by atoms with Gasteiger partial charge in [-0.3, -0.25) is 4.79 Å². The molecule has 0 aliphatic heterocycles. The van der Waals surface area contributed by atoms with Gasteiger partial charge in [-0.2, -0.15) is 14.9 Å². The second kappa shape index (κ2) is 7.19. The summed E-state index contributed by atoms with van der Waals surface area (Å²) in [4.78, 5) is 16.0. The molecular weight excluding hydrogens is 354 g/mol. The number of amides is 1. The monoisotopic (exact) mass is 375 g/mol. The highest BCUT2D eigenvalue weighted by Crippen LogP contribution is 2.28. The second-order valence-electron chi connectivity index (χ2n) is 7.04. The summed E-state index contributed by atoms with van der Waals surface area (Å²) >= 11 is 0. The third kappa shape index (κ3) is 3.47. The Kier molecular flexibility index (Phi) is 4.57. The number of rotatable bonds is 5. The lowest BCUT2D eigenvalue weighted by Crippen LogP contribution is -2.28. The molecule has 0 unspecified atom stereocenters. The van der Waals surface area contributed by atoms with Crippen molar-refractivity contribution in [1.82, 2.24) is 14.6 Å². The van der Waals surface area contributed by atoms with Crippen LogP contribution in [0.4, 0.5) is 23.0 Å². The van der Waals surface area contributed by atoms with Gasteiger partial charge in [-0.1, -0.05) is 6.07 Å². The second-order valence-corrected chi connectivity index (χ2v) is 7.04. The normalized spacial score (nSPS) is 13.6. The molecular formula is C20H21N7O. The largest absolute Gasteiger partial charge is 0.367 e. The lowest BCUT2D eigenvalue weighted by Gasteiger charge is -2.27. The van der Waals surface area contributed by atoms with E-state index in [2.05, 4.69) is 32.1 Å². The van der Waals surface area contributed by atoms with E-state index in [1.165, 1.54) is 19.5 Å². The molecule has 8 nitrogen and oxygen atoms in total. The Balaban J connectivity index is 1.70. The number of nitrogens with zero attached hydrogens (tertiary/aromatic N) is 4. The third-order valence-electron chi connectivity index (χ3n) is 4.87. The Bertz CT molecular complexity index is 1090. The standard InChI is InChI=1S/C20H21N7O/c1-12-6-7-16(8-17(12)23-13(2)28)24-18-9-19(25-15-4-3-5-15)27-20(26-18)14(10-21)11-22-27/h6-9,11,15,25H,3-5H2,1-2H3,(H,23,28)(H,24,26). The molecule has 3 aromatic rings. The summed E-state index contributed by atoms with van der Waals surface area (Å²) in [5, 5.41) is 23.3. The Hall–Kier alpha value is -3.60. The lowest BCUT2D eigenvalue weighted by molar-refractivity contribution is -0.114. The molecule has 2 heterocycles. The number of carbonyl (C=O) groups is 1. The van der Waals surface area contributed by atoms with Gasteiger partial charge in [-0.25, -0.2) is 4.98 Å². The van der Waals surface area contributed by atoms with Gasteiger partial charge in [0, 0.05) is 30.4 Å². The fourth-order valence-corrected chi connectivity index (χ4v) is 3.14. The Morgan fingerprint density at radius 3 is 2.82 bits per heavy atom. The summed E-state index contributed by atoms with van der Waals surface area (Å²) in [7, 11) is 0. The van der Waals surface area contributed by atoms with E-state index in [-0.39, 0.29) is 5.91 Å². The molecule has 0 bridgehead atoms. The molecule has 1 amide bonds. The van der Waals surface area contributed by atoms with E-state index in [1.807, 2.05) is 31.2 Å². The van der Waals surface area contributed by atoms with Crippen molar-refractivity contribution >= 4 is 34.6 Å². The van der Waals surface area contributed by atoms with Gasteiger partial charge in [0.05, 0.1) is 6.20 Å². The van der Waals surface area contributed by atoms with Crippen LogP contribution in [-0.4, -0.2) is 26.5 Å². The van der Waals surface area contributed by atoms with Crippen LogP contribution in [0.25, 0.3) is 5.65 Å². The van der Waals surface area contributed by atoms with E-state index < -0.39 is 0 Å². The molecule has 0 spiro atoms. The SMILES string of the molecule is CC(=O)Nc1cc(Nc2cc(NC3CCC3)n3ncc(C#N)c3n2)ccc1C. The number of anilines is 4. The number of nitrogens with one attached hydrogen (secondary N) is 3. The van der Waals surface area contributed by atoms with Crippen LogP contribution in [0.2, 0.25) is 0 Å². The van der Waals surface area contributed by atoms with Gasteiger partial charge in [-0.15, -0.1) is 0 Å². The van der Waals surface area contributed by atoms with Gasteiger partial charge in [0.2, 0.25) is 5.91 Å². The molecule has 2 aromatic heterocycles. The molecule has 3 N–H and O–H groups in total. The molecule has 0 saturated heterocycles. The van der Waals surface area contributed by atoms with Crippen LogP contribution in [0.5, 0.6) is 0 Å². The summed E-state index contributed by atoms with van der Waals surface area (Å²) in [6.45, 7) is 3.42. The zero-order chi connectivity index (χ0) is 19.7. The van der Waals surface area contributed by atoms with Gasteiger partial charge in [0.25, 0.3) is 0 Å². The maximum absolute atomic E-state index is 11.4. The predicted octanol–water partition coefficient (Wildman–Crippen LogP) is 3.58. The highest BCUT2D eigenvalue weighted by atomic mass is 16.1. The average molecular weight is 375 g/mol. The van der Waals surface area contributed by atoms with E-state index in [0.717, 1.165) is 35.6 Å². The third-order valence-corrected chi connectivity index (χ3v) is 4.87. The summed E-state index contributed by atoms with van der Waals surface area (Å²) in [6, 6.07) is 10.2. The highest BCUT2D eigenvalue weighted by Gasteiger charge is 2.20. The van der Waals surface area contributed by atoms with Crippen LogP contribution in [0, 0.1) is 18.3 Å². The summed E-state index contributed by atoms with van der Waals surface area (Å²) in [5.74, 6) is 1.28.